The van der Waals surface area contributed by atoms with Crippen LogP contribution < -0.4 is 11.1 Å². The van der Waals surface area contributed by atoms with Gasteiger partial charge in [0.25, 0.3) is 0 Å². The Morgan fingerprint density at radius 2 is 2.11 bits per heavy atom. The van der Waals surface area contributed by atoms with E-state index in [1.165, 1.54) is 25.0 Å². The van der Waals surface area contributed by atoms with Gasteiger partial charge in [-0.25, -0.2) is 4.39 Å². The first-order chi connectivity index (χ1) is 8.58. The Morgan fingerprint density at radius 1 is 1.44 bits per heavy atom. The average Bonchev–Trinajstić information content (AvgIpc) is 2.79. The summed E-state index contributed by atoms with van der Waals surface area (Å²) >= 11 is 3.28. The minimum atomic E-state index is -0.567. The van der Waals surface area contributed by atoms with E-state index in [-0.39, 0.29) is 5.82 Å². The molecule has 98 valence electrons. The summed E-state index contributed by atoms with van der Waals surface area (Å²) in [4.78, 5) is 11.6. The van der Waals surface area contributed by atoms with E-state index < -0.39 is 11.9 Å². The molecule has 0 saturated heterocycles. The second kappa shape index (κ2) is 5.80. The van der Waals surface area contributed by atoms with Gasteiger partial charge in [-0.05, 0) is 30.5 Å². The lowest BCUT2D eigenvalue weighted by atomic mass is 10.0. The third-order valence-electron chi connectivity index (χ3n) is 3.32. The molecule has 0 aromatic heterocycles. The molecule has 0 spiro atoms. The number of nitrogens with one attached hydrogen (secondary N) is 1. The summed E-state index contributed by atoms with van der Waals surface area (Å²) in [6.45, 7) is 0. The van der Waals surface area contributed by atoms with Crippen LogP contribution >= 0.6 is 15.9 Å². The number of benzene rings is 1. The van der Waals surface area contributed by atoms with Crippen molar-refractivity contribution in [3.05, 3.63) is 34.1 Å². The van der Waals surface area contributed by atoms with E-state index in [4.69, 9.17) is 5.73 Å². The summed E-state index contributed by atoms with van der Waals surface area (Å²) < 4.78 is 13.6. The average molecular weight is 315 g/mol. The number of hydrogen-bond donors (Lipinski definition) is 2. The standard InChI is InChI=1S/C13H16BrFN2O/c14-11-7-8(15)5-6-10(11)12(13(16)18)17-9-3-1-2-4-9/h5-7,9,12,17H,1-4H2,(H2,16,18). The highest BCUT2D eigenvalue weighted by Crippen LogP contribution is 2.27. The minimum absolute atomic E-state index is 0.319. The van der Waals surface area contributed by atoms with Crippen molar-refractivity contribution in [2.75, 3.05) is 0 Å². The highest BCUT2D eigenvalue weighted by Gasteiger charge is 2.25. The number of carbonyl (C=O) groups excluding carboxylic acids is 1. The molecule has 0 radical (unpaired) electrons. The molecule has 0 aliphatic heterocycles. The van der Waals surface area contributed by atoms with Crippen molar-refractivity contribution in [2.45, 2.75) is 37.8 Å². The molecule has 5 heteroatoms. The van der Waals surface area contributed by atoms with Crippen LogP contribution in [0, 0.1) is 5.82 Å². The molecule has 0 bridgehead atoms. The lowest BCUT2D eigenvalue weighted by Gasteiger charge is -2.21. The first-order valence-corrected chi connectivity index (χ1v) is 6.87. The summed E-state index contributed by atoms with van der Waals surface area (Å²) in [6, 6.07) is 4.03. The monoisotopic (exact) mass is 314 g/mol. The lowest BCUT2D eigenvalue weighted by Crippen LogP contribution is -2.39. The fourth-order valence-corrected chi connectivity index (χ4v) is 2.97. The van der Waals surface area contributed by atoms with Crippen LogP contribution in [-0.2, 0) is 4.79 Å². The molecule has 1 fully saturated rings. The van der Waals surface area contributed by atoms with E-state index in [1.54, 1.807) is 6.07 Å². The molecule has 3 N–H and O–H groups in total. The number of hydrogen-bond acceptors (Lipinski definition) is 2. The van der Waals surface area contributed by atoms with Crippen LogP contribution in [0.5, 0.6) is 0 Å². The molecular weight excluding hydrogens is 299 g/mol. The predicted molar refractivity (Wildman–Crippen MR) is 71.4 cm³/mol. The smallest absolute Gasteiger partial charge is 0.239 e. The number of primary amides is 1. The van der Waals surface area contributed by atoms with Gasteiger partial charge in [0.2, 0.25) is 5.91 Å². The maximum atomic E-state index is 13.1. The van der Waals surface area contributed by atoms with E-state index in [2.05, 4.69) is 21.2 Å². The lowest BCUT2D eigenvalue weighted by molar-refractivity contribution is -0.120. The van der Waals surface area contributed by atoms with E-state index in [0.717, 1.165) is 12.8 Å². The van der Waals surface area contributed by atoms with Gasteiger partial charge in [0.15, 0.2) is 0 Å². The fraction of sp³-hybridized carbons (Fsp3) is 0.462. The molecule has 1 atom stereocenters. The molecule has 1 aromatic carbocycles. The van der Waals surface area contributed by atoms with Gasteiger partial charge >= 0.3 is 0 Å². The molecule has 18 heavy (non-hydrogen) atoms. The van der Waals surface area contributed by atoms with Crippen molar-refractivity contribution in [2.24, 2.45) is 5.73 Å². The van der Waals surface area contributed by atoms with Crippen LogP contribution in [0.3, 0.4) is 0 Å². The van der Waals surface area contributed by atoms with Crippen molar-refractivity contribution in [3.8, 4) is 0 Å². The van der Waals surface area contributed by atoms with E-state index >= 15 is 0 Å². The van der Waals surface area contributed by atoms with Crippen LogP contribution in [0.1, 0.15) is 37.3 Å². The zero-order valence-electron chi connectivity index (χ0n) is 9.96. The van der Waals surface area contributed by atoms with Gasteiger partial charge in [-0.15, -0.1) is 0 Å². The second-order valence-corrected chi connectivity index (χ2v) is 5.50. The Morgan fingerprint density at radius 3 is 2.67 bits per heavy atom. The zero-order chi connectivity index (χ0) is 13.1. The summed E-state index contributed by atoms with van der Waals surface area (Å²) in [5, 5.41) is 3.26. The normalized spacial score (nSPS) is 17.9. The van der Waals surface area contributed by atoms with Crippen LogP contribution in [0.2, 0.25) is 0 Å². The molecule has 1 aliphatic rings. The van der Waals surface area contributed by atoms with E-state index in [9.17, 15) is 9.18 Å². The van der Waals surface area contributed by atoms with Crippen molar-refractivity contribution >= 4 is 21.8 Å². The Labute approximate surface area is 114 Å². The third-order valence-corrected chi connectivity index (χ3v) is 4.00. The Hall–Kier alpha value is -0.940. The topological polar surface area (TPSA) is 55.1 Å². The van der Waals surface area contributed by atoms with Crippen LogP contribution in [-0.4, -0.2) is 11.9 Å². The Kier molecular flexibility index (Phi) is 4.35. The highest BCUT2D eigenvalue weighted by atomic mass is 79.9. The van der Waals surface area contributed by atoms with Crippen LogP contribution in [0.4, 0.5) is 4.39 Å². The van der Waals surface area contributed by atoms with Crippen molar-refractivity contribution in [1.29, 1.82) is 0 Å². The summed E-state index contributed by atoms with van der Waals surface area (Å²) in [6.07, 6.45) is 4.46. The molecule has 1 unspecified atom stereocenters. The zero-order valence-corrected chi connectivity index (χ0v) is 11.5. The Bertz CT molecular complexity index is 447. The predicted octanol–water partition coefficient (Wildman–Crippen LogP) is 2.65. The maximum Gasteiger partial charge on any atom is 0.239 e. The number of halogens is 2. The van der Waals surface area contributed by atoms with Gasteiger partial charge in [-0.1, -0.05) is 34.8 Å². The van der Waals surface area contributed by atoms with Crippen molar-refractivity contribution < 1.29 is 9.18 Å². The van der Waals surface area contributed by atoms with E-state index in [0.29, 0.717) is 16.1 Å². The largest absolute Gasteiger partial charge is 0.368 e. The second-order valence-electron chi connectivity index (χ2n) is 4.65. The molecule has 2 rings (SSSR count). The highest BCUT2D eigenvalue weighted by molar-refractivity contribution is 9.10. The fourth-order valence-electron chi connectivity index (χ4n) is 2.39. The van der Waals surface area contributed by atoms with Gasteiger partial charge in [-0.2, -0.15) is 0 Å². The van der Waals surface area contributed by atoms with Gasteiger partial charge in [0, 0.05) is 10.5 Å². The molecule has 1 aromatic rings. The number of amides is 1. The van der Waals surface area contributed by atoms with Gasteiger partial charge in [0.1, 0.15) is 11.9 Å². The van der Waals surface area contributed by atoms with Gasteiger partial charge in [0.05, 0.1) is 0 Å². The summed E-state index contributed by atoms with van der Waals surface area (Å²) in [5.41, 5.74) is 6.13. The summed E-state index contributed by atoms with van der Waals surface area (Å²) in [5.74, 6) is -0.774. The molecule has 1 aliphatic carbocycles. The van der Waals surface area contributed by atoms with Crippen molar-refractivity contribution in [3.63, 3.8) is 0 Å². The maximum absolute atomic E-state index is 13.1. The number of nitrogens with two attached hydrogens (primary N) is 1. The van der Waals surface area contributed by atoms with Crippen LogP contribution in [0.15, 0.2) is 22.7 Å². The Balaban J connectivity index is 2.20. The summed E-state index contributed by atoms with van der Waals surface area (Å²) in [7, 11) is 0. The molecule has 3 nitrogen and oxygen atoms in total. The molecule has 1 amide bonds. The molecule has 0 heterocycles. The quantitative estimate of drug-likeness (QED) is 0.897. The minimum Gasteiger partial charge on any atom is -0.368 e. The number of rotatable bonds is 4. The SMILES string of the molecule is NC(=O)C(NC1CCCC1)c1ccc(F)cc1Br. The molecular formula is C13H16BrFN2O. The number of carbonyl (C=O) groups is 1. The molecule has 1 saturated carbocycles. The van der Waals surface area contributed by atoms with Crippen molar-refractivity contribution in [1.82, 2.24) is 5.32 Å². The third kappa shape index (κ3) is 3.09. The first-order valence-electron chi connectivity index (χ1n) is 6.08. The van der Waals surface area contributed by atoms with E-state index in [1.807, 2.05) is 0 Å². The van der Waals surface area contributed by atoms with Crippen LogP contribution in [0.25, 0.3) is 0 Å². The van der Waals surface area contributed by atoms with Gasteiger partial charge < -0.3 is 5.73 Å². The first kappa shape index (κ1) is 13.5. The van der Waals surface area contributed by atoms with Gasteiger partial charge in [-0.3, -0.25) is 10.1 Å².